The zero-order chi connectivity index (χ0) is 10.0. The molecule has 0 fully saturated rings. The van der Waals surface area contributed by atoms with Crippen LogP contribution in [0.2, 0.25) is 0 Å². The summed E-state index contributed by atoms with van der Waals surface area (Å²) in [4.78, 5) is 13.1. The molecule has 1 atom stereocenters. The lowest BCUT2D eigenvalue weighted by atomic mass is 10.1. The van der Waals surface area contributed by atoms with Crippen LogP contribution in [0.15, 0.2) is 6.07 Å². The van der Waals surface area contributed by atoms with E-state index in [9.17, 15) is 9.90 Å². The Morgan fingerprint density at radius 1 is 1.69 bits per heavy atom. The van der Waals surface area contributed by atoms with E-state index in [-0.39, 0.29) is 5.69 Å². The lowest BCUT2D eigenvalue weighted by Gasteiger charge is -2.04. The molecule has 0 aliphatic rings. The van der Waals surface area contributed by atoms with Gasteiger partial charge in [0.2, 0.25) is 0 Å². The number of aliphatic hydroxyl groups excluding tert-OH is 2. The third-order valence-corrected chi connectivity index (χ3v) is 1.82. The predicted molar refractivity (Wildman–Crippen MR) is 44.5 cm³/mol. The fourth-order valence-electron chi connectivity index (χ4n) is 1.13. The first-order valence-corrected chi connectivity index (χ1v) is 3.78. The quantitative estimate of drug-likeness (QED) is 0.535. The number of aromatic nitrogens is 1. The summed E-state index contributed by atoms with van der Waals surface area (Å²) in [5, 5.41) is 26.5. The second-order valence-electron chi connectivity index (χ2n) is 2.77. The van der Waals surface area contributed by atoms with E-state index < -0.39 is 18.7 Å². The molecule has 1 rings (SSSR count). The highest BCUT2D eigenvalue weighted by Crippen LogP contribution is 2.18. The van der Waals surface area contributed by atoms with Gasteiger partial charge in [-0.05, 0) is 13.0 Å². The molecule has 1 aromatic heterocycles. The molecule has 0 aromatic carbocycles. The molecule has 0 aliphatic heterocycles. The van der Waals surface area contributed by atoms with E-state index in [1.807, 2.05) is 0 Å². The van der Waals surface area contributed by atoms with Gasteiger partial charge in [-0.3, -0.25) is 0 Å². The number of hydrogen-bond donors (Lipinski definition) is 4. The largest absolute Gasteiger partial charge is 0.477 e. The topological polar surface area (TPSA) is 93.6 Å². The molecule has 5 heteroatoms. The Labute approximate surface area is 74.6 Å². The normalized spacial score (nSPS) is 12.8. The van der Waals surface area contributed by atoms with Crippen molar-refractivity contribution < 1.29 is 20.1 Å². The maximum Gasteiger partial charge on any atom is 0.352 e. The molecule has 0 saturated carbocycles. The van der Waals surface area contributed by atoms with Crippen molar-refractivity contribution in [2.45, 2.75) is 13.0 Å². The molecule has 0 bridgehead atoms. The second-order valence-corrected chi connectivity index (χ2v) is 2.77. The van der Waals surface area contributed by atoms with Gasteiger partial charge in [-0.1, -0.05) is 0 Å². The molecule has 1 heterocycles. The van der Waals surface area contributed by atoms with Gasteiger partial charge in [0, 0.05) is 11.3 Å². The summed E-state index contributed by atoms with van der Waals surface area (Å²) in [6, 6.07) is 1.32. The minimum absolute atomic E-state index is 0.0139. The molecule has 4 N–H and O–H groups in total. The van der Waals surface area contributed by atoms with Crippen molar-refractivity contribution in [1.29, 1.82) is 0 Å². The molecule has 1 aromatic rings. The Morgan fingerprint density at radius 2 is 2.31 bits per heavy atom. The van der Waals surface area contributed by atoms with Crippen molar-refractivity contribution in [1.82, 2.24) is 4.98 Å². The van der Waals surface area contributed by atoms with Crippen LogP contribution in [0.25, 0.3) is 0 Å². The van der Waals surface area contributed by atoms with Crippen molar-refractivity contribution in [3.8, 4) is 0 Å². The van der Waals surface area contributed by atoms with Crippen LogP contribution in [0.3, 0.4) is 0 Å². The number of nitrogens with one attached hydrogen (secondary N) is 1. The molecule has 0 spiro atoms. The number of carboxylic acids is 1. The summed E-state index contributed by atoms with van der Waals surface area (Å²) >= 11 is 0. The summed E-state index contributed by atoms with van der Waals surface area (Å²) in [6.45, 7) is 1.22. The van der Waals surface area contributed by atoms with E-state index in [2.05, 4.69) is 4.98 Å². The van der Waals surface area contributed by atoms with Gasteiger partial charge in [0.1, 0.15) is 11.8 Å². The summed E-state index contributed by atoms with van der Waals surface area (Å²) < 4.78 is 0. The summed E-state index contributed by atoms with van der Waals surface area (Å²) in [6.07, 6.45) is -1.02. The molecular weight excluding hydrogens is 174 g/mol. The van der Waals surface area contributed by atoms with Crippen LogP contribution in [0.5, 0.6) is 0 Å². The van der Waals surface area contributed by atoms with Gasteiger partial charge < -0.3 is 20.3 Å². The Balaban J connectivity index is 3.02. The third-order valence-electron chi connectivity index (χ3n) is 1.82. The Bertz CT molecular complexity index is 318. The van der Waals surface area contributed by atoms with Gasteiger partial charge in [0.25, 0.3) is 0 Å². The van der Waals surface area contributed by atoms with Crippen molar-refractivity contribution >= 4 is 5.97 Å². The zero-order valence-electron chi connectivity index (χ0n) is 7.11. The van der Waals surface area contributed by atoms with Gasteiger partial charge in [0.05, 0.1) is 6.61 Å². The molecule has 13 heavy (non-hydrogen) atoms. The first-order chi connectivity index (χ1) is 6.06. The molecule has 5 nitrogen and oxygen atoms in total. The van der Waals surface area contributed by atoms with E-state index in [1.54, 1.807) is 6.92 Å². The van der Waals surface area contributed by atoms with E-state index in [0.29, 0.717) is 11.3 Å². The first-order valence-electron chi connectivity index (χ1n) is 3.78. The minimum atomic E-state index is -1.08. The van der Waals surface area contributed by atoms with Gasteiger partial charge in [-0.25, -0.2) is 4.79 Å². The number of aliphatic hydroxyl groups is 2. The zero-order valence-corrected chi connectivity index (χ0v) is 7.11. The summed E-state index contributed by atoms with van der Waals surface area (Å²) in [5.74, 6) is -1.08. The Morgan fingerprint density at radius 3 is 2.69 bits per heavy atom. The monoisotopic (exact) mass is 185 g/mol. The smallest absolute Gasteiger partial charge is 0.352 e. The minimum Gasteiger partial charge on any atom is -0.477 e. The van der Waals surface area contributed by atoms with E-state index >= 15 is 0 Å². The predicted octanol–water partition coefficient (Wildman–Crippen LogP) is 0.0470. The standard InChI is InChI=1S/C8H11NO4/c1-4-5(7(11)3-10)2-6(9-4)8(12)13/h2,7,9-11H,3H2,1H3,(H,12,13). The van der Waals surface area contributed by atoms with Crippen molar-refractivity contribution in [3.63, 3.8) is 0 Å². The summed E-state index contributed by atoms with van der Waals surface area (Å²) in [7, 11) is 0. The number of carbonyl (C=O) groups is 1. The van der Waals surface area contributed by atoms with Gasteiger partial charge in [-0.15, -0.1) is 0 Å². The number of aromatic carboxylic acids is 1. The maximum absolute atomic E-state index is 10.5. The maximum atomic E-state index is 10.5. The van der Waals surface area contributed by atoms with Gasteiger partial charge in [-0.2, -0.15) is 0 Å². The number of aryl methyl sites for hydroxylation is 1. The van der Waals surface area contributed by atoms with Crippen LogP contribution < -0.4 is 0 Å². The SMILES string of the molecule is Cc1[nH]c(C(=O)O)cc1C(O)CO. The van der Waals surface area contributed by atoms with Crippen molar-refractivity contribution in [3.05, 3.63) is 23.0 Å². The summed E-state index contributed by atoms with van der Waals surface area (Å²) in [5.41, 5.74) is 0.985. The lowest BCUT2D eigenvalue weighted by molar-refractivity contribution is 0.0690. The van der Waals surface area contributed by atoms with Gasteiger partial charge >= 0.3 is 5.97 Å². The van der Waals surface area contributed by atoms with E-state index in [4.69, 9.17) is 10.2 Å². The molecule has 0 saturated heterocycles. The number of H-pyrrole nitrogens is 1. The molecule has 0 amide bonds. The highest BCUT2D eigenvalue weighted by molar-refractivity contribution is 5.86. The number of rotatable bonds is 3. The molecule has 72 valence electrons. The van der Waals surface area contributed by atoms with Crippen LogP contribution in [-0.2, 0) is 0 Å². The number of aromatic amines is 1. The van der Waals surface area contributed by atoms with Crippen molar-refractivity contribution in [2.24, 2.45) is 0 Å². The fourth-order valence-corrected chi connectivity index (χ4v) is 1.13. The average Bonchev–Trinajstić information content (AvgIpc) is 2.46. The van der Waals surface area contributed by atoms with Crippen LogP contribution in [-0.4, -0.2) is 32.9 Å². The van der Waals surface area contributed by atoms with Crippen LogP contribution in [0.1, 0.15) is 27.8 Å². The second kappa shape index (κ2) is 3.59. The third kappa shape index (κ3) is 1.88. The average molecular weight is 185 g/mol. The fraction of sp³-hybridized carbons (Fsp3) is 0.375. The number of carboxylic acid groups (broad SMARTS) is 1. The van der Waals surface area contributed by atoms with E-state index in [0.717, 1.165) is 0 Å². The highest BCUT2D eigenvalue weighted by Gasteiger charge is 2.15. The molecular formula is C8H11NO4. The first kappa shape index (κ1) is 9.76. The molecule has 0 aliphatic carbocycles. The van der Waals surface area contributed by atoms with Gasteiger partial charge in [0.15, 0.2) is 0 Å². The van der Waals surface area contributed by atoms with Crippen LogP contribution in [0.4, 0.5) is 0 Å². The van der Waals surface area contributed by atoms with Crippen molar-refractivity contribution in [2.75, 3.05) is 6.61 Å². The molecule has 1 unspecified atom stereocenters. The lowest BCUT2D eigenvalue weighted by Crippen LogP contribution is -2.02. The van der Waals surface area contributed by atoms with Crippen LogP contribution in [0, 0.1) is 6.92 Å². The Kier molecular flexibility index (Phi) is 2.69. The molecule has 0 radical (unpaired) electrons. The number of hydrogen-bond acceptors (Lipinski definition) is 3. The Hall–Kier alpha value is -1.33. The highest BCUT2D eigenvalue weighted by atomic mass is 16.4. The van der Waals surface area contributed by atoms with Crippen LogP contribution >= 0.6 is 0 Å². The van der Waals surface area contributed by atoms with E-state index in [1.165, 1.54) is 6.07 Å².